The van der Waals surface area contributed by atoms with Crippen LogP contribution in [0.25, 0.3) is 0 Å². The van der Waals surface area contributed by atoms with Gasteiger partial charge < -0.3 is 9.64 Å². The van der Waals surface area contributed by atoms with Crippen molar-refractivity contribution in [3.8, 4) is 5.75 Å². The van der Waals surface area contributed by atoms with Crippen LogP contribution >= 0.6 is 0 Å². The van der Waals surface area contributed by atoms with Crippen LogP contribution in [0.3, 0.4) is 0 Å². The van der Waals surface area contributed by atoms with Crippen molar-refractivity contribution < 1.29 is 11.0 Å². The lowest BCUT2D eigenvalue weighted by molar-refractivity contribution is 0.215. The van der Waals surface area contributed by atoms with Crippen LogP contribution in [-0.2, 0) is 11.8 Å². The third kappa shape index (κ3) is 5.06. The first kappa shape index (κ1) is 24.8. The zero-order chi connectivity index (χ0) is 25.0. The molecule has 5 rings (SSSR count). The lowest BCUT2D eigenvalue weighted by Crippen LogP contribution is -2.47. The fourth-order valence-electron chi connectivity index (χ4n) is 5.49. The van der Waals surface area contributed by atoms with Crippen LogP contribution in [0.5, 0.6) is 5.75 Å². The molecule has 2 heterocycles. The molecule has 0 aromatic heterocycles. The van der Waals surface area contributed by atoms with E-state index in [0.717, 1.165) is 37.2 Å². The smallest absolute Gasteiger partial charge is 0.410 e. The summed E-state index contributed by atoms with van der Waals surface area (Å²) in [7, 11) is 2.18. The van der Waals surface area contributed by atoms with Crippen molar-refractivity contribution >= 4 is 17.5 Å². The first-order valence-electron chi connectivity index (χ1n) is 12.6. The van der Waals surface area contributed by atoms with Gasteiger partial charge in [-0.25, -0.2) is 4.79 Å². The van der Waals surface area contributed by atoms with Crippen molar-refractivity contribution in [1.82, 2.24) is 4.90 Å². The number of anilines is 2. The summed E-state index contributed by atoms with van der Waals surface area (Å²) < 4.78 is 5.65. The molecule has 2 aliphatic rings. The molecular formula is C30H39N3O2. The fourth-order valence-corrected chi connectivity index (χ4v) is 5.49. The van der Waals surface area contributed by atoms with Crippen molar-refractivity contribution in [2.24, 2.45) is 0 Å². The number of hydrogen-bond donors (Lipinski definition) is 1. The van der Waals surface area contributed by atoms with Gasteiger partial charge in [-0.05, 0) is 61.2 Å². The molecule has 0 saturated carbocycles. The van der Waals surface area contributed by atoms with E-state index in [1.165, 1.54) is 16.8 Å². The van der Waals surface area contributed by atoms with Crippen LogP contribution in [-0.4, -0.2) is 37.3 Å². The highest BCUT2D eigenvalue weighted by atomic mass is 16.6. The van der Waals surface area contributed by atoms with Gasteiger partial charge in [0.2, 0.25) is 0 Å². The van der Waals surface area contributed by atoms with E-state index in [-0.39, 0.29) is 6.84 Å². The predicted octanol–water partition coefficient (Wildman–Crippen LogP) is 6.86. The van der Waals surface area contributed by atoms with Gasteiger partial charge >= 0.3 is 6.09 Å². The first-order valence-corrected chi connectivity index (χ1v) is 12.6. The predicted molar refractivity (Wildman–Crippen MR) is 147 cm³/mol. The molecule has 2 unspecified atom stereocenters. The highest BCUT2D eigenvalue weighted by Crippen LogP contribution is 2.52. The van der Waals surface area contributed by atoms with Gasteiger partial charge in [-0.1, -0.05) is 68.8 Å². The van der Waals surface area contributed by atoms with E-state index in [1.54, 1.807) is 0 Å². The maximum Gasteiger partial charge on any atom is 0.417 e. The molecule has 0 aliphatic carbocycles. The number of rotatable bonds is 5. The van der Waals surface area contributed by atoms with E-state index in [1.807, 2.05) is 51.1 Å². The molecule has 0 spiro atoms. The molecule has 35 heavy (non-hydrogen) atoms. The Morgan fingerprint density at radius 2 is 1.80 bits per heavy atom. The molecule has 0 bridgehead atoms. The Kier molecular flexibility index (Phi) is 7.46. The zero-order valence-corrected chi connectivity index (χ0v) is 21.5. The number of nitrogens with zero attached hydrogens (tertiary/aromatic N) is 2. The highest BCUT2D eigenvalue weighted by Gasteiger charge is 2.53. The Morgan fingerprint density at radius 1 is 1.09 bits per heavy atom. The van der Waals surface area contributed by atoms with Gasteiger partial charge in [-0.3, -0.25) is 10.2 Å². The van der Waals surface area contributed by atoms with Gasteiger partial charge in [0, 0.05) is 38.4 Å². The summed E-state index contributed by atoms with van der Waals surface area (Å²) in [5.74, 6) is 0.580. The van der Waals surface area contributed by atoms with Crippen molar-refractivity contribution in [2.45, 2.75) is 52.1 Å². The molecule has 1 saturated heterocycles. The van der Waals surface area contributed by atoms with Crippen LogP contribution < -0.4 is 15.0 Å². The topological polar surface area (TPSA) is 44.8 Å². The number of carbonyl (C=O) groups is 1. The van der Waals surface area contributed by atoms with E-state index in [2.05, 4.69) is 71.6 Å². The molecule has 1 N–H and O–H groups in total. The molecule has 0 radical (unpaired) electrons. The Balaban J connectivity index is 0.00000117. The number of benzene rings is 3. The van der Waals surface area contributed by atoms with E-state index in [4.69, 9.17) is 4.74 Å². The summed E-state index contributed by atoms with van der Waals surface area (Å²) in [6.45, 7) is 10.5. The summed E-state index contributed by atoms with van der Waals surface area (Å²) in [6, 6.07) is 24.4. The minimum atomic E-state index is -0.470. The highest BCUT2D eigenvalue weighted by molar-refractivity contribution is 5.86. The molecule has 3 aromatic carbocycles. The molecule has 5 nitrogen and oxygen atoms in total. The van der Waals surface area contributed by atoms with Crippen molar-refractivity contribution in [1.29, 1.82) is 0 Å². The summed E-state index contributed by atoms with van der Waals surface area (Å²) in [6.07, 6.45) is 1.98. The van der Waals surface area contributed by atoms with Crippen LogP contribution in [0.2, 0.25) is 0 Å². The van der Waals surface area contributed by atoms with Crippen LogP contribution in [0.4, 0.5) is 16.2 Å². The van der Waals surface area contributed by atoms with Crippen LogP contribution in [0.1, 0.15) is 45.3 Å². The molecule has 5 heteroatoms. The molecule has 186 valence electrons. The number of fused-ring (bicyclic) bond motifs is 3. The summed E-state index contributed by atoms with van der Waals surface area (Å²) >= 11 is 0. The standard InChI is InChI=1S/C28H31N3O2.C2H6.H2/c1-20-9-11-22(12-10-20)29-27(32)33-23-13-14-25-24(19-23)28(2)16-18-31(26(28)30(25)3)17-15-21-7-5-4-6-8-21;1-2;/h4-14,19,26H,15-18H2,1-3H3,(H,29,32);1-2H3;1H. The largest absolute Gasteiger partial charge is 0.417 e. The van der Waals surface area contributed by atoms with Gasteiger partial charge in [-0.2, -0.15) is 0 Å². The SMILES string of the molecule is CC.Cc1ccc(NC(=O)Oc2ccc3c(c2)C2(C)CCN(CCc4ccccc4)C2N3C)cc1.[HH]. The number of carbonyl (C=O) groups excluding carboxylic acids is 1. The Bertz CT molecular complexity index is 1150. The third-order valence-corrected chi connectivity index (χ3v) is 7.20. The minimum Gasteiger partial charge on any atom is -0.410 e. The van der Waals surface area contributed by atoms with E-state index >= 15 is 0 Å². The van der Waals surface area contributed by atoms with Crippen molar-refractivity contribution in [2.75, 3.05) is 30.4 Å². The van der Waals surface area contributed by atoms with E-state index in [0.29, 0.717) is 11.9 Å². The molecule has 1 amide bonds. The average molecular weight is 474 g/mol. The fraction of sp³-hybridized carbons (Fsp3) is 0.367. The van der Waals surface area contributed by atoms with Crippen LogP contribution in [0.15, 0.2) is 72.8 Å². The summed E-state index contributed by atoms with van der Waals surface area (Å²) in [5.41, 5.74) is 5.74. The number of aryl methyl sites for hydroxylation is 1. The number of nitrogens with one attached hydrogen (secondary N) is 1. The van der Waals surface area contributed by atoms with Gasteiger partial charge in [0.05, 0.1) is 6.17 Å². The van der Waals surface area contributed by atoms with Gasteiger partial charge in [0.25, 0.3) is 0 Å². The summed E-state index contributed by atoms with van der Waals surface area (Å²) in [4.78, 5) is 17.4. The van der Waals surface area contributed by atoms with Gasteiger partial charge in [0.15, 0.2) is 0 Å². The second kappa shape index (κ2) is 10.5. The number of likely N-dealkylation sites (tertiary alicyclic amines) is 1. The quantitative estimate of drug-likeness (QED) is 0.440. The number of ether oxygens (including phenoxy) is 1. The summed E-state index contributed by atoms with van der Waals surface area (Å²) in [5, 5.41) is 2.81. The lowest BCUT2D eigenvalue weighted by atomic mass is 9.81. The minimum absolute atomic E-state index is 0. The van der Waals surface area contributed by atoms with Crippen molar-refractivity contribution in [3.63, 3.8) is 0 Å². The molecule has 2 aliphatic heterocycles. The number of amides is 1. The van der Waals surface area contributed by atoms with Crippen LogP contribution in [0, 0.1) is 6.92 Å². The maximum atomic E-state index is 12.5. The Hall–Kier alpha value is -3.31. The van der Waals surface area contributed by atoms with E-state index in [9.17, 15) is 4.79 Å². The van der Waals surface area contributed by atoms with Gasteiger partial charge in [-0.15, -0.1) is 0 Å². The lowest BCUT2D eigenvalue weighted by Gasteiger charge is -2.34. The van der Waals surface area contributed by atoms with Gasteiger partial charge in [0.1, 0.15) is 5.75 Å². The number of hydrogen-bond acceptors (Lipinski definition) is 4. The molecule has 1 fully saturated rings. The first-order chi connectivity index (χ1) is 16.9. The zero-order valence-electron chi connectivity index (χ0n) is 21.5. The monoisotopic (exact) mass is 473 g/mol. The maximum absolute atomic E-state index is 12.5. The number of likely N-dealkylation sites (N-methyl/N-ethyl adjacent to an activating group) is 1. The molecule has 3 aromatic rings. The second-order valence-corrected chi connectivity index (χ2v) is 9.48. The Morgan fingerprint density at radius 3 is 2.51 bits per heavy atom. The molecule has 2 atom stereocenters. The normalized spacial score (nSPS) is 20.5. The average Bonchev–Trinajstić information content (AvgIpc) is 3.32. The third-order valence-electron chi connectivity index (χ3n) is 7.20. The van der Waals surface area contributed by atoms with Crippen molar-refractivity contribution in [3.05, 3.63) is 89.5 Å². The Labute approximate surface area is 211 Å². The second-order valence-electron chi connectivity index (χ2n) is 9.48. The molecular weight excluding hydrogens is 434 g/mol. The van der Waals surface area contributed by atoms with E-state index < -0.39 is 6.09 Å².